The number of nitrogens with zero attached hydrogens (tertiary/aromatic N) is 1. The Morgan fingerprint density at radius 3 is 2.56 bits per heavy atom. The smallest absolute Gasteiger partial charge is 0.247 e. The number of rotatable bonds is 5. The molecule has 0 amide bonds. The summed E-state index contributed by atoms with van der Waals surface area (Å²) < 4.78 is 26.2. The molecule has 1 aliphatic carbocycles. The summed E-state index contributed by atoms with van der Waals surface area (Å²) >= 11 is 0. The summed E-state index contributed by atoms with van der Waals surface area (Å²) in [5.74, 6) is 0.488. The molecular formula is C12H18N2O3S. The molecule has 100 valence electrons. The molecule has 0 unspecified atom stereocenters. The van der Waals surface area contributed by atoms with Crippen molar-refractivity contribution in [3.05, 3.63) is 28.7 Å². The van der Waals surface area contributed by atoms with Gasteiger partial charge in [-0.15, -0.1) is 0 Å². The van der Waals surface area contributed by atoms with Crippen molar-refractivity contribution in [2.75, 3.05) is 13.1 Å². The van der Waals surface area contributed by atoms with E-state index in [4.69, 9.17) is 0 Å². The van der Waals surface area contributed by atoms with Gasteiger partial charge in [-0.1, -0.05) is 13.3 Å². The Hall–Kier alpha value is -1.14. The minimum atomic E-state index is -3.48. The van der Waals surface area contributed by atoms with Crippen molar-refractivity contribution in [1.29, 1.82) is 0 Å². The molecule has 18 heavy (non-hydrogen) atoms. The fourth-order valence-electron chi connectivity index (χ4n) is 2.07. The first-order chi connectivity index (χ1) is 8.54. The summed E-state index contributed by atoms with van der Waals surface area (Å²) in [5, 5.41) is 0. The number of H-pyrrole nitrogens is 1. The van der Waals surface area contributed by atoms with Crippen molar-refractivity contribution in [3.63, 3.8) is 0 Å². The van der Waals surface area contributed by atoms with Crippen LogP contribution >= 0.6 is 0 Å². The molecule has 0 aromatic carbocycles. The topological polar surface area (TPSA) is 70.2 Å². The van der Waals surface area contributed by atoms with Gasteiger partial charge in [0, 0.05) is 25.4 Å². The molecule has 0 radical (unpaired) electrons. The maximum absolute atomic E-state index is 12.4. The highest BCUT2D eigenvalue weighted by molar-refractivity contribution is 7.89. The van der Waals surface area contributed by atoms with Gasteiger partial charge in [0.2, 0.25) is 15.6 Å². The molecule has 0 aliphatic heterocycles. The van der Waals surface area contributed by atoms with Crippen molar-refractivity contribution in [1.82, 2.24) is 9.29 Å². The first-order valence-corrected chi connectivity index (χ1v) is 7.67. The van der Waals surface area contributed by atoms with Crippen LogP contribution in [-0.4, -0.2) is 30.8 Å². The normalized spacial score (nSPS) is 16.8. The maximum Gasteiger partial charge on any atom is 0.247 e. The summed E-state index contributed by atoms with van der Waals surface area (Å²) in [6, 6.07) is 2.60. The lowest BCUT2D eigenvalue weighted by Crippen LogP contribution is -2.37. The van der Waals surface area contributed by atoms with Gasteiger partial charge in [-0.05, 0) is 24.8 Å². The average Bonchev–Trinajstić information content (AvgIpc) is 2.28. The first-order valence-electron chi connectivity index (χ1n) is 6.23. The van der Waals surface area contributed by atoms with E-state index in [-0.39, 0.29) is 10.5 Å². The van der Waals surface area contributed by atoms with Gasteiger partial charge in [0.1, 0.15) is 0 Å². The number of hydrogen-bond acceptors (Lipinski definition) is 3. The second-order valence-electron chi connectivity index (χ2n) is 4.64. The molecular weight excluding hydrogens is 252 g/mol. The van der Waals surface area contributed by atoms with Crippen LogP contribution in [0.2, 0.25) is 0 Å². The molecule has 1 N–H and O–H groups in total. The van der Waals surface area contributed by atoms with Gasteiger partial charge in [-0.2, -0.15) is 4.31 Å². The summed E-state index contributed by atoms with van der Waals surface area (Å²) in [4.78, 5) is 13.5. The minimum absolute atomic E-state index is 0.156. The highest BCUT2D eigenvalue weighted by Gasteiger charge is 2.28. The molecule has 1 aromatic heterocycles. The molecule has 0 saturated heterocycles. The average molecular weight is 270 g/mol. The van der Waals surface area contributed by atoms with E-state index in [1.807, 2.05) is 6.92 Å². The predicted molar refractivity (Wildman–Crippen MR) is 68.8 cm³/mol. The molecule has 1 fully saturated rings. The molecule has 2 rings (SSSR count). The maximum atomic E-state index is 12.4. The number of hydrogen-bond donors (Lipinski definition) is 1. The van der Waals surface area contributed by atoms with Crippen LogP contribution < -0.4 is 5.56 Å². The third kappa shape index (κ3) is 2.64. The number of aromatic amines is 1. The molecule has 1 heterocycles. The molecule has 1 aliphatic rings. The second-order valence-corrected chi connectivity index (χ2v) is 6.58. The summed E-state index contributed by atoms with van der Waals surface area (Å²) in [6.07, 6.45) is 4.68. The zero-order valence-electron chi connectivity index (χ0n) is 10.4. The van der Waals surface area contributed by atoms with Crippen LogP contribution in [0.1, 0.15) is 26.2 Å². The van der Waals surface area contributed by atoms with Crippen molar-refractivity contribution < 1.29 is 8.42 Å². The number of nitrogens with one attached hydrogen (secondary N) is 1. The van der Waals surface area contributed by atoms with Crippen LogP contribution in [0.5, 0.6) is 0 Å². The Bertz CT molecular complexity index is 540. The lowest BCUT2D eigenvalue weighted by molar-refractivity contribution is 0.250. The number of aromatic nitrogens is 1. The van der Waals surface area contributed by atoms with Gasteiger partial charge >= 0.3 is 0 Å². The standard InChI is InChI=1S/C12H18N2O3S/c1-2-14(9-10-4-3-5-10)18(16,17)11-6-7-12(15)13-8-11/h6-8,10H,2-5,9H2,1H3,(H,13,15). The summed E-state index contributed by atoms with van der Waals surface area (Å²) in [5.41, 5.74) is -0.295. The number of pyridine rings is 1. The van der Waals surface area contributed by atoms with Crippen LogP contribution in [-0.2, 0) is 10.0 Å². The molecule has 0 spiro atoms. The van der Waals surface area contributed by atoms with E-state index in [0.29, 0.717) is 19.0 Å². The lowest BCUT2D eigenvalue weighted by atomic mass is 9.85. The highest BCUT2D eigenvalue weighted by Crippen LogP contribution is 2.28. The summed E-state index contributed by atoms with van der Waals surface area (Å²) in [6.45, 7) is 2.87. The minimum Gasteiger partial charge on any atom is -0.328 e. The van der Waals surface area contributed by atoms with Crippen LogP contribution in [0.4, 0.5) is 0 Å². The molecule has 1 aromatic rings. The van der Waals surface area contributed by atoms with Crippen molar-refractivity contribution in [2.45, 2.75) is 31.1 Å². The van der Waals surface area contributed by atoms with Gasteiger partial charge in [0.15, 0.2) is 0 Å². The van der Waals surface area contributed by atoms with Crippen LogP contribution in [0.15, 0.2) is 28.0 Å². The van der Waals surface area contributed by atoms with Gasteiger partial charge in [-0.25, -0.2) is 8.42 Å². The molecule has 5 nitrogen and oxygen atoms in total. The predicted octanol–water partition coefficient (Wildman–Crippen LogP) is 1.19. The first kappa shape index (κ1) is 13.3. The fourth-order valence-corrected chi connectivity index (χ4v) is 3.56. The van der Waals surface area contributed by atoms with E-state index >= 15 is 0 Å². The highest BCUT2D eigenvalue weighted by atomic mass is 32.2. The lowest BCUT2D eigenvalue weighted by Gasteiger charge is -2.31. The Labute approximate surface area is 107 Å². The van der Waals surface area contributed by atoms with Crippen molar-refractivity contribution in [2.24, 2.45) is 5.92 Å². The van der Waals surface area contributed by atoms with E-state index in [1.54, 1.807) is 0 Å². The van der Waals surface area contributed by atoms with Crippen LogP contribution in [0.3, 0.4) is 0 Å². The Balaban J connectivity index is 2.21. The van der Waals surface area contributed by atoms with E-state index in [0.717, 1.165) is 12.8 Å². The second kappa shape index (κ2) is 5.24. The van der Waals surface area contributed by atoms with Crippen LogP contribution in [0, 0.1) is 5.92 Å². The third-order valence-corrected chi connectivity index (χ3v) is 5.37. The molecule has 0 bridgehead atoms. The largest absolute Gasteiger partial charge is 0.328 e. The SMILES string of the molecule is CCN(CC1CCC1)S(=O)(=O)c1ccc(=O)[nH]c1. The van der Waals surface area contributed by atoms with Gasteiger partial charge in [-0.3, -0.25) is 4.79 Å². The Morgan fingerprint density at radius 2 is 2.11 bits per heavy atom. The zero-order valence-corrected chi connectivity index (χ0v) is 11.2. The number of sulfonamides is 1. The summed E-state index contributed by atoms with van der Waals surface area (Å²) in [7, 11) is -3.48. The van der Waals surface area contributed by atoms with Gasteiger partial charge in [0.05, 0.1) is 4.90 Å². The zero-order chi connectivity index (χ0) is 13.2. The van der Waals surface area contributed by atoms with Crippen LogP contribution in [0.25, 0.3) is 0 Å². The Morgan fingerprint density at radius 1 is 1.39 bits per heavy atom. The molecule has 1 saturated carbocycles. The quantitative estimate of drug-likeness (QED) is 0.873. The fraction of sp³-hybridized carbons (Fsp3) is 0.583. The van der Waals surface area contributed by atoms with E-state index in [9.17, 15) is 13.2 Å². The molecule has 0 atom stereocenters. The van der Waals surface area contributed by atoms with E-state index < -0.39 is 10.0 Å². The Kier molecular flexibility index (Phi) is 3.87. The molecule has 6 heteroatoms. The monoisotopic (exact) mass is 270 g/mol. The van der Waals surface area contributed by atoms with Gasteiger partial charge < -0.3 is 4.98 Å². The van der Waals surface area contributed by atoms with E-state index in [1.165, 1.54) is 29.1 Å². The van der Waals surface area contributed by atoms with Gasteiger partial charge in [0.25, 0.3) is 0 Å². The third-order valence-electron chi connectivity index (χ3n) is 3.43. The van der Waals surface area contributed by atoms with Crippen molar-refractivity contribution >= 4 is 10.0 Å². The van der Waals surface area contributed by atoms with Crippen molar-refractivity contribution in [3.8, 4) is 0 Å². The van der Waals surface area contributed by atoms with E-state index in [2.05, 4.69) is 4.98 Å².